The van der Waals surface area contributed by atoms with Crippen LogP contribution in [0.5, 0.6) is 0 Å². The smallest absolute Gasteiger partial charge is 0.132 e. The number of nitrogens with two attached hydrogens (primary N) is 1. The van der Waals surface area contributed by atoms with Crippen molar-refractivity contribution in [1.29, 1.82) is 0 Å². The van der Waals surface area contributed by atoms with Crippen LogP contribution >= 0.6 is 0 Å². The van der Waals surface area contributed by atoms with E-state index in [0.717, 1.165) is 36.6 Å². The number of nitrogens with zero attached hydrogens (tertiary/aromatic N) is 3. The molecule has 0 unspecified atom stereocenters. The van der Waals surface area contributed by atoms with E-state index >= 15 is 0 Å². The third-order valence-corrected chi connectivity index (χ3v) is 3.47. The van der Waals surface area contributed by atoms with Gasteiger partial charge in [-0.05, 0) is 38.0 Å². The molecule has 2 rings (SSSR count). The van der Waals surface area contributed by atoms with Gasteiger partial charge in [-0.1, -0.05) is 25.5 Å². The predicted molar refractivity (Wildman–Crippen MR) is 88.2 cm³/mol. The molecule has 0 saturated carbocycles. The molecule has 0 atom stereocenters. The van der Waals surface area contributed by atoms with Gasteiger partial charge >= 0.3 is 0 Å². The number of anilines is 2. The molecule has 1 heterocycles. The first-order chi connectivity index (χ1) is 10.1. The minimum Gasteiger partial charge on any atom is -0.399 e. The fourth-order valence-electron chi connectivity index (χ4n) is 2.28. The molecular weight excluding hydrogens is 260 g/mol. The monoisotopic (exact) mass is 284 g/mol. The average Bonchev–Trinajstić information content (AvgIpc) is 2.47. The molecule has 4 heteroatoms. The minimum absolute atomic E-state index is 0.368. The second-order valence-corrected chi connectivity index (χ2v) is 5.58. The number of aryl methyl sites for hydroxylation is 1. The molecule has 4 nitrogen and oxygen atoms in total. The summed E-state index contributed by atoms with van der Waals surface area (Å²) in [7, 11) is 0. The Hall–Kier alpha value is -2.10. The number of hydrogen-bond donors (Lipinski definition) is 1. The molecule has 0 spiro atoms. The Labute approximate surface area is 127 Å². The summed E-state index contributed by atoms with van der Waals surface area (Å²) < 4.78 is 0. The summed E-state index contributed by atoms with van der Waals surface area (Å²) in [6.07, 6.45) is 3.75. The molecule has 21 heavy (non-hydrogen) atoms. The highest BCUT2D eigenvalue weighted by molar-refractivity contribution is 5.44. The summed E-state index contributed by atoms with van der Waals surface area (Å²) in [6, 6.07) is 10.5. The number of aromatic nitrogens is 2. The zero-order chi connectivity index (χ0) is 15.2. The van der Waals surface area contributed by atoms with Crippen molar-refractivity contribution < 1.29 is 0 Å². The Morgan fingerprint density at radius 3 is 2.48 bits per heavy atom. The van der Waals surface area contributed by atoms with Gasteiger partial charge in [-0.2, -0.15) is 0 Å². The summed E-state index contributed by atoms with van der Waals surface area (Å²) in [5.74, 6) is 0.986. The van der Waals surface area contributed by atoms with Crippen molar-refractivity contribution in [2.45, 2.75) is 46.2 Å². The van der Waals surface area contributed by atoms with E-state index in [2.05, 4.69) is 53.8 Å². The van der Waals surface area contributed by atoms with Gasteiger partial charge < -0.3 is 10.6 Å². The van der Waals surface area contributed by atoms with E-state index in [1.54, 1.807) is 6.33 Å². The van der Waals surface area contributed by atoms with Crippen molar-refractivity contribution in [3.05, 3.63) is 47.9 Å². The van der Waals surface area contributed by atoms with Crippen molar-refractivity contribution in [3.8, 4) is 0 Å². The number of nitrogen functional groups attached to an aromatic ring is 1. The van der Waals surface area contributed by atoms with Crippen LogP contribution < -0.4 is 10.6 Å². The molecule has 0 aliphatic rings. The second-order valence-electron chi connectivity index (χ2n) is 5.58. The van der Waals surface area contributed by atoms with Gasteiger partial charge in [0.05, 0.1) is 0 Å². The zero-order valence-corrected chi connectivity index (χ0v) is 13.1. The number of benzene rings is 1. The Balaban J connectivity index is 2.22. The standard InChI is InChI=1S/C17H24N4/c1-4-5-16-10-17(20-12-19-16)21(13(2)3)11-14-6-8-15(18)9-7-14/h6-10,12-13H,4-5,11,18H2,1-3H3. The molecule has 1 aromatic carbocycles. The molecule has 0 aliphatic heterocycles. The maximum absolute atomic E-state index is 5.75. The molecule has 0 aliphatic carbocycles. The molecule has 2 aromatic rings. The van der Waals surface area contributed by atoms with Crippen molar-refractivity contribution >= 4 is 11.5 Å². The van der Waals surface area contributed by atoms with Crippen LogP contribution in [0.1, 0.15) is 38.4 Å². The van der Waals surface area contributed by atoms with E-state index in [9.17, 15) is 0 Å². The van der Waals surface area contributed by atoms with Crippen LogP contribution in [0.2, 0.25) is 0 Å². The van der Waals surface area contributed by atoms with Crippen molar-refractivity contribution in [2.75, 3.05) is 10.6 Å². The van der Waals surface area contributed by atoms with Crippen molar-refractivity contribution in [2.24, 2.45) is 0 Å². The van der Waals surface area contributed by atoms with E-state index in [1.165, 1.54) is 5.56 Å². The van der Waals surface area contributed by atoms with Crippen LogP contribution in [0.25, 0.3) is 0 Å². The van der Waals surface area contributed by atoms with Crippen LogP contribution in [-0.2, 0) is 13.0 Å². The maximum atomic E-state index is 5.75. The van der Waals surface area contributed by atoms with E-state index in [1.807, 2.05) is 12.1 Å². The van der Waals surface area contributed by atoms with E-state index in [0.29, 0.717) is 6.04 Å². The number of hydrogen-bond acceptors (Lipinski definition) is 4. The lowest BCUT2D eigenvalue weighted by molar-refractivity contribution is 0.669. The molecule has 0 amide bonds. The zero-order valence-electron chi connectivity index (χ0n) is 13.1. The lowest BCUT2D eigenvalue weighted by Gasteiger charge is -2.28. The summed E-state index contributed by atoms with van der Waals surface area (Å²) in [4.78, 5) is 11.1. The minimum atomic E-state index is 0.368. The molecule has 0 radical (unpaired) electrons. The largest absolute Gasteiger partial charge is 0.399 e. The first kappa shape index (κ1) is 15.3. The molecule has 1 aromatic heterocycles. The normalized spacial score (nSPS) is 10.9. The van der Waals surface area contributed by atoms with Gasteiger partial charge in [-0.3, -0.25) is 0 Å². The SMILES string of the molecule is CCCc1cc(N(Cc2ccc(N)cc2)C(C)C)ncn1. The lowest BCUT2D eigenvalue weighted by atomic mass is 10.1. The second kappa shape index (κ2) is 7.07. The van der Waals surface area contributed by atoms with Gasteiger partial charge in [0.1, 0.15) is 12.1 Å². The molecule has 0 bridgehead atoms. The average molecular weight is 284 g/mol. The highest BCUT2D eigenvalue weighted by atomic mass is 15.2. The highest BCUT2D eigenvalue weighted by Gasteiger charge is 2.13. The van der Waals surface area contributed by atoms with Crippen molar-refractivity contribution in [1.82, 2.24) is 9.97 Å². The van der Waals surface area contributed by atoms with Crippen LogP contribution in [0.15, 0.2) is 36.7 Å². The van der Waals surface area contributed by atoms with Crippen LogP contribution in [0.4, 0.5) is 11.5 Å². The Kier molecular flexibility index (Phi) is 5.14. The quantitative estimate of drug-likeness (QED) is 0.826. The number of rotatable bonds is 6. The van der Waals surface area contributed by atoms with Crippen LogP contribution in [-0.4, -0.2) is 16.0 Å². The van der Waals surface area contributed by atoms with Gasteiger partial charge in [-0.15, -0.1) is 0 Å². The molecule has 2 N–H and O–H groups in total. The van der Waals surface area contributed by atoms with Gasteiger partial charge in [0.25, 0.3) is 0 Å². The van der Waals surface area contributed by atoms with Crippen LogP contribution in [0.3, 0.4) is 0 Å². The van der Waals surface area contributed by atoms with E-state index in [-0.39, 0.29) is 0 Å². The Morgan fingerprint density at radius 1 is 1.14 bits per heavy atom. The predicted octanol–water partition coefficient (Wildman–Crippen LogP) is 3.43. The van der Waals surface area contributed by atoms with Crippen LogP contribution in [0, 0.1) is 0 Å². The lowest BCUT2D eigenvalue weighted by Crippen LogP contribution is -2.31. The third-order valence-electron chi connectivity index (χ3n) is 3.47. The van der Waals surface area contributed by atoms with Gasteiger partial charge in [0.15, 0.2) is 0 Å². The van der Waals surface area contributed by atoms with Crippen molar-refractivity contribution in [3.63, 3.8) is 0 Å². The highest BCUT2D eigenvalue weighted by Crippen LogP contribution is 2.19. The van der Waals surface area contributed by atoms with Gasteiger partial charge in [0, 0.05) is 30.0 Å². The summed E-state index contributed by atoms with van der Waals surface area (Å²) in [6.45, 7) is 7.34. The maximum Gasteiger partial charge on any atom is 0.132 e. The van der Waals surface area contributed by atoms with Gasteiger partial charge in [-0.25, -0.2) is 9.97 Å². The molecule has 0 fully saturated rings. The summed E-state index contributed by atoms with van der Waals surface area (Å²) >= 11 is 0. The fraction of sp³-hybridized carbons (Fsp3) is 0.412. The molecule has 0 saturated heterocycles. The molecular formula is C17H24N4. The summed E-state index contributed by atoms with van der Waals surface area (Å²) in [5, 5.41) is 0. The Morgan fingerprint density at radius 2 is 1.86 bits per heavy atom. The topological polar surface area (TPSA) is 55.0 Å². The Bertz CT molecular complexity index is 563. The van der Waals surface area contributed by atoms with Gasteiger partial charge in [0.2, 0.25) is 0 Å². The molecule has 112 valence electrons. The third kappa shape index (κ3) is 4.18. The first-order valence-electron chi connectivity index (χ1n) is 7.52. The first-order valence-corrected chi connectivity index (χ1v) is 7.52. The summed E-state index contributed by atoms with van der Waals surface area (Å²) in [5.41, 5.74) is 8.87. The fourth-order valence-corrected chi connectivity index (χ4v) is 2.28. The van der Waals surface area contributed by atoms with E-state index < -0.39 is 0 Å². The van der Waals surface area contributed by atoms with E-state index in [4.69, 9.17) is 5.73 Å².